The molecule has 1 saturated carbocycles. The molecular formula is C13H25NOS. The minimum absolute atomic E-state index is 0.560. The highest BCUT2D eigenvalue weighted by molar-refractivity contribution is 7.99. The molecule has 2 unspecified atom stereocenters. The molecule has 0 bridgehead atoms. The van der Waals surface area contributed by atoms with Gasteiger partial charge in [-0.1, -0.05) is 13.8 Å². The normalized spacial score (nSPS) is 36.6. The summed E-state index contributed by atoms with van der Waals surface area (Å²) in [5.74, 6) is 3.67. The van der Waals surface area contributed by atoms with Crippen LogP contribution in [0, 0.1) is 16.7 Å². The van der Waals surface area contributed by atoms with Crippen molar-refractivity contribution in [3.05, 3.63) is 0 Å². The molecule has 94 valence electrons. The summed E-state index contributed by atoms with van der Waals surface area (Å²) in [6, 6.07) is 0. The highest BCUT2D eigenvalue weighted by Crippen LogP contribution is 2.62. The summed E-state index contributed by atoms with van der Waals surface area (Å²) in [6.45, 7) is 7.88. The second kappa shape index (κ2) is 4.87. The zero-order valence-electron chi connectivity index (χ0n) is 10.8. The van der Waals surface area contributed by atoms with Gasteiger partial charge in [0.05, 0.1) is 6.61 Å². The summed E-state index contributed by atoms with van der Waals surface area (Å²) in [5.41, 5.74) is 1.25. The maximum atomic E-state index is 5.05. The number of hydrogen-bond acceptors (Lipinski definition) is 3. The van der Waals surface area contributed by atoms with Crippen molar-refractivity contribution < 1.29 is 4.74 Å². The van der Waals surface area contributed by atoms with Gasteiger partial charge in [0.2, 0.25) is 0 Å². The molecule has 0 amide bonds. The third-order valence-electron chi connectivity index (χ3n) is 3.95. The lowest BCUT2D eigenvalue weighted by Gasteiger charge is -2.36. The first-order chi connectivity index (χ1) is 7.58. The Morgan fingerprint density at radius 3 is 2.88 bits per heavy atom. The summed E-state index contributed by atoms with van der Waals surface area (Å²) >= 11 is 2.17. The SMILES string of the molecule is COCCNCC1CC12CSCC(C)(C)C2. The lowest BCUT2D eigenvalue weighted by molar-refractivity contribution is 0.197. The van der Waals surface area contributed by atoms with Crippen LogP contribution in [0.5, 0.6) is 0 Å². The molecule has 1 N–H and O–H groups in total. The monoisotopic (exact) mass is 243 g/mol. The van der Waals surface area contributed by atoms with Crippen LogP contribution in [0.2, 0.25) is 0 Å². The fraction of sp³-hybridized carbons (Fsp3) is 1.00. The van der Waals surface area contributed by atoms with Crippen LogP contribution in [0.3, 0.4) is 0 Å². The molecule has 1 heterocycles. The molecule has 0 aromatic rings. The summed E-state index contributed by atoms with van der Waals surface area (Å²) in [7, 11) is 1.76. The zero-order valence-corrected chi connectivity index (χ0v) is 11.7. The number of hydrogen-bond donors (Lipinski definition) is 1. The average molecular weight is 243 g/mol. The molecule has 1 aliphatic carbocycles. The number of thioether (sulfide) groups is 1. The summed E-state index contributed by atoms with van der Waals surface area (Å²) < 4.78 is 5.05. The standard InChI is InChI=1S/C13H25NOS/c1-12(2)8-13(10-16-9-12)6-11(13)7-14-4-5-15-3/h11,14H,4-10H2,1-3H3. The Morgan fingerprint density at radius 1 is 1.38 bits per heavy atom. The van der Waals surface area contributed by atoms with Crippen molar-refractivity contribution in [2.24, 2.45) is 16.7 Å². The van der Waals surface area contributed by atoms with Crippen molar-refractivity contribution in [1.29, 1.82) is 0 Å². The first kappa shape index (κ1) is 12.7. The van der Waals surface area contributed by atoms with E-state index in [1.165, 1.54) is 30.9 Å². The molecule has 3 heteroatoms. The molecule has 2 nitrogen and oxygen atoms in total. The van der Waals surface area contributed by atoms with Crippen molar-refractivity contribution >= 4 is 11.8 Å². The van der Waals surface area contributed by atoms with Gasteiger partial charge in [-0.2, -0.15) is 11.8 Å². The van der Waals surface area contributed by atoms with Gasteiger partial charge in [-0.3, -0.25) is 0 Å². The maximum Gasteiger partial charge on any atom is 0.0587 e. The van der Waals surface area contributed by atoms with Crippen LogP contribution in [0.4, 0.5) is 0 Å². The number of nitrogens with one attached hydrogen (secondary N) is 1. The fourth-order valence-electron chi connectivity index (χ4n) is 3.15. The van der Waals surface area contributed by atoms with E-state index in [0.29, 0.717) is 10.8 Å². The van der Waals surface area contributed by atoms with Crippen molar-refractivity contribution in [1.82, 2.24) is 5.32 Å². The third kappa shape index (κ3) is 2.93. The molecule has 0 aromatic carbocycles. The number of methoxy groups -OCH3 is 1. The maximum absolute atomic E-state index is 5.05. The Morgan fingerprint density at radius 2 is 2.19 bits per heavy atom. The van der Waals surface area contributed by atoms with Crippen LogP contribution < -0.4 is 5.32 Å². The van der Waals surface area contributed by atoms with E-state index in [9.17, 15) is 0 Å². The van der Waals surface area contributed by atoms with E-state index in [4.69, 9.17) is 4.74 Å². The molecule has 0 aromatic heterocycles. The minimum atomic E-state index is 0.560. The van der Waals surface area contributed by atoms with Crippen LogP contribution in [0.25, 0.3) is 0 Å². The summed E-state index contributed by atoms with van der Waals surface area (Å²) in [6.07, 6.45) is 2.88. The quantitative estimate of drug-likeness (QED) is 0.749. The Kier molecular flexibility index (Phi) is 3.87. The zero-order chi connectivity index (χ0) is 11.6. The highest BCUT2D eigenvalue weighted by atomic mass is 32.2. The minimum Gasteiger partial charge on any atom is -0.383 e. The van der Waals surface area contributed by atoms with E-state index in [2.05, 4.69) is 30.9 Å². The van der Waals surface area contributed by atoms with Gasteiger partial charge in [-0.25, -0.2) is 0 Å². The average Bonchev–Trinajstić information content (AvgIpc) is 2.84. The van der Waals surface area contributed by atoms with Gasteiger partial charge in [0, 0.05) is 13.7 Å². The van der Waals surface area contributed by atoms with Crippen molar-refractivity contribution in [2.75, 3.05) is 38.3 Å². The van der Waals surface area contributed by atoms with Crippen LogP contribution in [-0.4, -0.2) is 38.3 Å². The molecule has 2 atom stereocenters. The summed E-state index contributed by atoms with van der Waals surface area (Å²) in [4.78, 5) is 0. The third-order valence-corrected chi connectivity index (χ3v) is 5.71. The molecule has 16 heavy (non-hydrogen) atoms. The Balaban J connectivity index is 1.72. The van der Waals surface area contributed by atoms with Gasteiger partial charge in [0.15, 0.2) is 0 Å². The lowest BCUT2D eigenvalue weighted by atomic mass is 9.81. The largest absolute Gasteiger partial charge is 0.383 e. The van der Waals surface area contributed by atoms with Crippen LogP contribution in [0.1, 0.15) is 26.7 Å². The van der Waals surface area contributed by atoms with Crippen LogP contribution in [0.15, 0.2) is 0 Å². The van der Waals surface area contributed by atoms with Gasteiger partial charge in [0.1, 0.15) is 0 Å². The van der Waals surface area contributed by atoms with Gasteiger partial charge >= 0.3 is 0 Å². The molecule has 1 spiro atoms. The lowest BCUT2D eigenvalue weighted by Crippen LogP contribution is -2.31. The van der Waals surface area contributed by atoms with Crippen molar-refractivity contribution in [3.63, 3.8) is 0 Å². The Hall–Kier alpha value is 0.270. The fourth-order valence-corrected chi connectivity index (χ4v) is 4.77. The second-order valence-corrected chi connectivity index (χ2v) is 7.28. The van der Waals surface area contributed by atoms with E-state index in [1.54, 1.807) is 7.11 Å². The predicted molar refractivity (Wildman–Crippen MR) is 71.0 cm³/mol. The molecule has 2 aliphatic rings. The van der Waals surface area contributed by atoms with E-state index in [0.717, 1.165) is 19.1 Å². The van der Waals surface area contributed by atoms with Gasteiger partial charge in [-0.05, 0) is 47.6 Å². The van der Waals surface area contributed by atoms with Crippen LogP contribution >= 0.6 is 11.8 Å². The van der Waals surface area contributed by atoms with E-state index in [-0.39, 0.29) is 0 Å². The molecule has 1 aliphatic heterocycles. The number of ether oxygens (including phenoxy) is 1. The predicted octanol–water partition coefficient (Wildman–Crippen LogP) is 2.39. The van der Waals surface area contributed by atoms with E-state index < -0.39 is 0 Å². The molecule has 2 fully saturated rings. The molecule has 1 saturated heterocycles. The van der Waals surface area contributed by atoms with Crippen molar-refractivity contribution in [3.8, 4) is 0 Å². The number of rotatable bonds is 5. The Labute approximate surface area is 104 Å². The molecule has 2 rings (SSSR count). The Bertz CT molecular complexity index is 244. The highest BCUT2D eigenvalue weighted by Gasteiger charge is 2.56. The van der Waals surface area contributed by atoms with Crippen LogP contribution in [-0.2, 0) is 4.74 Å². The van der Waals surface area contributed by atoms with Crippen molar-refractivity contribution in [2.45, 2.75) is 26.7 Å². The first-order valence-electron chi connectivity index (χ1n) is 6.35. The van der Waals surface area contributed by atoms with Gasteiger partial charge in [0.25, 0.3) is 0 Å². The topological polar surface area (TPSA) is 21.3 Å². The molecule has 0 radical (unpaired) electrons. The summed E-state index contributed by atoms with van der Waals surface area (Å²) in [5, 5.41) is 3.51. The van der Waals surface area contributed by atoms with E-state index >= 15 is 0 Å². The first-order valence-corrected chi connectivity index (χ1v) is 7.51. The van der Waals surface area contributed by atoms with E-state index in [1.807, 2.05) is 0 Å². The van der Waals surface area contributed by atoms with Gasteiger partial charge < -0.3 is 10.1 Å². The smallest absolute Gasteiger partial charge is 0.0587 e. The molecular weight excluding hydrogens is 218 g/mol. The van der Waals surface area contributed by atoms with Gasteiger partial charge in [-0.15, -0.1) is 0 Å². The second-order valence-electron chi connectivity index (χ2n) is 6.29.